The molecule has 0 aliphatic carbocycles. The third kappa shape index (κ3) is 3.99. The highest BCUT2D eigenvalue weighted by molar-refractivity contribution is 5.98. The van der Waals surface area contributed by atoms with Gasteiger partial charge in [-0.2, -0.15) is 0 Å². The van der Waals surface area contributed by atoms with Crippen molar-refractivity contribution in [2.75, 3.05) is 19.0 Å². The molecule has 1 aliphatic heterocycles. The Balaban J connectivity index is 1.66. The van der Waals surface area contributed by atoms with Gasteiger partial charge < -0.3 is 15.0 Å². The fourth-order valence-corrected chi connectivity index (χ4v) is 2.89. The van der Waals surface area contributed by atoms with Crippen molar-refractivity contribution in [3.63, 3.8) is 0 Å². The number of rotatable bonds is 7. The van der Waals surface area contributed by atoms with Crippen molar-refractivity contribution in [3.05, 3.63) is 29.1 Å². The lowest BCUT2D eigenvalue weighted by atomic mass is 10.1. The van der Waals surface area contributed by atoms with Gasteiger partial charge in [0.2, 0.25) is 5.88 Å². The van der Waals surface area contributed by atoms with E-state index in [0.717, 1.165) is 13.0 Å². The molecule has 0 radical (unpaired) electrons. The minimum absolute atomic E-state index is 0.0547. The molecule has 0 saturated carbocycles. The number of ether oxygens (including phenoxy) is 1. The third-order valence-corrected chi connectivity index (χ3v) is 4.25. The van der Waals surface area contributed by atoms with Gasteiger partial charge in [0.1, 0.15) is 0 Å². The Labute approximate surface area is 156 Å². The second kappa shape index (κ2) is 8.02. The number of methoxy groups -OCH3 is 1. The molecule has 3 rings (SSSR count). The average Bonchev–Trinajstić information content (AvgIpc) is 3.23. The number of carbonyl (C=O) groups excluding carboxylic acids is 2. The van der Waals surface area contributed by atoms with E-state index in [-0.39, 0.29) is 12.5 Å². The summed E-state index contributed by atoms with van der Waals surface area (Å²) in [5.74, 6) is 0.711. The Morgan fingerprint density at radius 1 is 1.37 bits per heavy atom. The van der Waals surface area contributed by atoms with Gasteiger partial charge >= 0.3 is 6.03 Å². The van der Waals surface area contributed by atoms with Crippen molar-refractivity contribution in [2.24, 2.45) is 0 Å². The van der Waals surface area contributed by atoms with Crippen LogP contribution in [0.25, 0.3) is 0 Å². The third-order valence-electron chi connectivity index (χ3n) is 4.25. The first-order valence-electron chi connectivity index (χ1n) is 8.86. The van der Waals surface area contributed by atoms with Gasteiger partial charge in [-0.25, -0.2) is 9.78 Å². The van der Waals surface area contributed by atoms with Crippen molar-refractivity contribution in [1.82, 2.24) is 30.2 Å². The van der Waals surface area contributed by atoms with E-state index in [1.54, 1.807) is 21.8 Å². The summed E-state index contributed by atoms with van der Waals surface area (Å²) < 4.78 is 6.98. The standard InChI is InChI=1S/C17H23N7O3/c1-4-6-24-10-14(21-22-24)20-17(26)18-8-11-7-12-13(19-15(11)27-3)9-23(5-2)16(12)25/h7,10H,4-6,8-9H2,1-3H3,(H2,18,20,26). The molecule has 0 atom stereocenters. The van der Waals surface area contributed by atoms with Crippen LogP contribution in [0.2, 0.25) is 0 Å². The van der Waals surface area contributed by atoms with E-state index in [0.29, 0.717) is 41.6 Å². The van der Waals surface area contributed by atoms with Gasteiger partial charge in [0, 0.05) is 25.2 Å². The highest BCUT2D eigenvalue weighted by Crippen LogP contribution is 2.26. The maximum Gasteiger partial charge on any atom is 0.320 e. The molecule has 10 heteroatoms. The molecule has 0 fully saturated rings. The van der Waals surface area contributed by atoms with E-state index in [2.05, 4.69) is 25.9 Å². The number of aromatic nitrogens is 4. The zero-order chi connectivity index (χ0) is 19.4. The molecule has 3 heterocycles. The lowest BCUT2D eigenvalue weighted by Gasteiger charge is -2.10. The summed E-state index contributed by atoms with van der Waals surface area (Å²) in [5, 5.41) is 13.2. The van der Waals surface area contributed by atoms with Gasteiger partial charge in [-0.05, 0) is 19.4 Å². The van der Waals surface area contributed by atoms with Gasteiger partial charge in [-0.3, -0.25) is 14.8 Å². The average molecular weight is 373 g/mol. The molecule has 2 aromatic rings. The second-order valence-corrected chi connectivity index (χ2v) is 6.14. The largest absolute Gasteiger partial charge is 0.481 e. The second-order valence-electron chi connectivity index (χ2n) is 6.14. The first-order valence-corrected chi connectivity index (χ1v) is 8.86. The number of hydrogen-bond acceptors (Lipinski definition) is 6. The Kier molecular flexibility index (Phi) is 5.53. The Bertz CT molecular complexity index is 849. The van der Waals surface area contributed by atoms with Crippen molar-refractivity contribution in [2.45, 2.75) is 39.9 Å². The molecule has 144 valence electrons. The lowest BCUT2D eigenvalue weighted by molar-refractivity contribution is 0.0786. The number of hydrogen-bond donors (Lipinski definition) is 2. The molecule has 0 bridgehead atoms. The lowest BCUT2D eigenvalue weighted by Crippen LogP contribution is -2.28. The summed E-state index contributed by atoms with van der Waals surface area (Å²) in [5.41, 5.74) is 1.88. The number of nitrogens with one attached hydrogen (secondary N) is 2. The van der Waals surface area contributed by atoms with Crippen LogP contribution in [-0.2, 0) is 19.6 Å². The summed E-state index contributed by atoms with van der Waals surface area (Å²) in [7, 11) is 1.51. The predicted octanol–water partition coefficient (Wildman–Crippen LogP) is 1.39. The molecule has 0 spiro atoms. The van der Waals surface area contributed by atoms with Crippen LogP contribution in [0.5, 0.6) is 5.88 Å². The zero-order valence-electron chi connectivity index (χ0n) is 15.7. The maximum absolute atomic E-state index is 12.3. The van der Waals surface area contributed by atoms with E-state index in [4.69, 9.17) is 4.74 Å². The molecule has 2 aromatic heterocycles. The Morgan fingerprint density at radius 2 is 2.19 bits per heavy atom. The molecule has 10 nitrogen and oxygen atoms in total. The van der Waals surface area contributed by atoms with Crippen LogP contribution in [0.15, 0.2) is 12.3 Å². The minimum Gasteiger partial charge on any atom is -0.481 e. The van der Waals surface area contributed by atoms with Crippen molar-refractivity contribution >= 4 is 17.8 Å². The van der Waals surface area contributed by atoms with Gasteiger partial charge in [-0.1, -0.05) is 12.1 Å². The molecule has 2 N–H and O–H groups in total. The van der Waals surface area contributed by atoms with Crippen molar-refractivity contribution in [3.8, 4) is 5.88 Å². The van der Waals surface area contributed by atoms with Crippen LogP contribution in [-0.4, -0.2) is 50.5 Å². The molecule has 27 heavy (non-hydrogen) atoms. The normalized spacial score (nSPS) is 12.9. The van der Waals surface area contributed by atoms with E-state index in [9.17, 15) is 9.59 Å². The van der Waals surface area contributed by atoms with E-state index in [1.807, 2.05) is 13.8 Å². The maximum atomic E-state index is 12.3. The SMILES string of the molecule is CCCn1cc(NC(=O)NCc2cc3c(nc2OC)CN(CC)C3=O)nn1. The molecular weight excluding hydrogens is 350 g/mol. The molecular formula is C17H23N7O3. The number of carbonyl (C=O) groups is 2. The minimum atomic E-state index is -0.428. The fraction of sp³-hybridized carbons (Fsp3) is 0.471. The number of pyridine rings is 1. The summed E-state index contributed by atoms with van der Waals surface area (Å²) in [6, 6.07) is 1.30. The van der Waals surface area contributed by atoms with Gasteiger partial charge in [0.15, 0.2) is 5.82 Å². The topological polar surface area (TPSA) is 114 Å². The first-order chi connectivity index (χ1) is 13.0. The van der Waals surface area contributed by atoms with Crippen LogP contribution >= 0.6 is 0 Å². The van der Waals surface area contributed by atoms with Gasteiger partial charge in [-0.15, -0.1) is 5.10 Å². The molecule has 0 unspecified atom stereocenters. The molecule has 0 saturated heterocycles. The number of nitrogens with zero attached hydrogens (tertiary/aromatic N) is 5. The number of anilines is 1. The summed E-state index contributed by atoms with van der Waals surface area (Å²) in [6.07, 6.45) is 2.59. The van der Waals surface area contributed by atoms with E-state index in [1.165, 1.54) is 7.11 Å². The quantitative estimate of drug-likeness (QED) is 0.758. The van der Waals surface area contributed by atoms with Crippen molar-refractivity contribution < 1.29 is 14.3 Å². The van der Waals surface area contributed by atoms with Gasteiger partial charge in [0.05, 0.1) is 31.1 Å². The Morgan fingerprint density at radius 3 is 2.89 bits per heavy atom. The molecule has 1 aliphatic rings. The van der Waals surface area contributed by atoms with Crippen LogP contribution in [0.4, 0.5) is 10.6 Å². The summed E-state index contributed by atoms with van der Waals surface area (Å²) >= 11 is 0. The number of fused-ring (bicyclic) bond motifs is 1. The van der Waals surface area contributed by atoms with E-state index >= 15 is 0 Å². The molecule has 3 amide bonds. The Hall–Kier alpha value is -3.17. The molecule has 0 aromatic carbocycles. The number of aryl methyl sites for hydroxylation is 1. The fourth-order valence-electron chi connectivity index (χ4n) is 2.89. The number of amides is 3. The predicted molar refractivity (Wildman–Crippen MR) is 97.4 cm³/mol. The van der Waals surface area contributed by atoms with E-state index < -0.39 is 6.03 Å². The van der Waals surface area contributed by atoms with Crippen LogP contribution in [0.3, 0.4) is 0 Å². The van der Waals surface area contributed by atoms with Crippen LogP contribution in [0.1, 0.15) is 41.9 Å². The van der Waals surface area contributed by atoms with Crippen LogP contribution in [0, 0.1) is 0 Å². The first kappa shape index (κ1) is 18.6. The van der Waals surface area contributed by atoms with Crippen LogP contribution < -0.4 is 15.4 Å². The highest BCUT2D eigenvalue weighted by atomic mass is 16.5. The van der Waals surface area contributed by atoms with Gasteiger partial charge in [0.25, 0.3) is 5.91 Å². The zero-order valence-corrected chi connectivity index (χ0v) is 15.7. The smallest absolute Gasteiger partial charge is 0.320 e. The van der Waals surface area contributed by atoms with Crippen molar-refractivity contribution in [1.29, 1.82) is 0 Å². The summed E-state index contributed by atoms with van der Waals surface area (Å²) in [4.78, 5) is 30.6. The monoisotopic (exact) mass is 373 g/mol. The number of urea groups is 1. The highest BCUT2D eigenvalue weighted by Gasteiger charge is 2.29. The summed E-state index contributed by atoms with van der Waals surface area (Å²) in [6.45, 7) is 5.94.